The fourth-order valence-electron chi connectivity index (χ4n) is 1.43. The van der Waals surface area contributed by atoms with Crippen LogP contribution in [-0.2, 0) is 0 Å². The lowest BCUT2D eigenvalue weighted by Crippen LogP contribution is -2.00. The van der Waals surface area contributed by atoms with Gasteiger partial charge >= 0.3 is 0 Å². The molecule has 1 unspecified atom stereocenters. The average Bonchev–Trinajstić information content (AvgIpc) is 2.28. The van der Waals surface area contributed by atoms with Gasteiger partial charge in [0.25, 0.3) is 0 Å². The summed E-state index contributed by atoms with van der Waals surface area (Å²) in [6, 6.07) is 7.79. The first kappa shape index (κ1) is 11.4. The molecule has 15 heavy (non-hydrogen) atoms. The van der Waals surface area contributed by atoms with E-state index in [4.69, 9.17) is 14.7 Å². The number of nitriles is 1. The summed E-state index contributed by atoms with van der Waals surface area (Å²) in [5.74, 6) is 1.16. The number of nitrogens with zero attached hydrogens (tertiary/aromatic N) is 1. The van der Waals surface area contributed by atoms with E-state index in [1.165, 1.54) is 0 Å². The first-order valence-electron chi connectivity index (χ1n) is 4.93. The zero-order valence-electron chi connectivity index (χ0n) is 9.28. The van der Waals surface area contributed by atoms with Gasteiger partial charge in [-0.15, -0.1) is 0 Å². The molecule has 0 aliphatic rings. The number of rotatable bonds is 4. The zero-order chi connectivity index (χ0) is 11.3. The minimum atomic E-state index is -0.194. The van der Waals surface area contributed by atoms with Crippen molar-refractivity contribution in [3.05, 3.63) is 23.8 Å². The second-order valence-electron chi connectivity index (χ2n) is 3.16. The van der Waals surface area contributed by atoms with Crippen molar-refractivity contribution < 1.29 is 9.47 Å². The molecule has 1 atom stereocenters. The molecule has 0 aliphatic carbocycles. The number of benzene rings is 1. The molecule has 0 aromatic heterocycles. The first-order valence-corrected chi connectivity index (χ1v) is 4.93. The van der Waals surface area contributed by atoms with E-state index < -0.39 is 0 Å². The van der Waals surface area contributed by atoms with E-state index >= 15 is 0 Å². The van der Waals surface area contributed by atoms with E-state index in [2.05, 4.69) is 6.07 Å². The molecular weight excluding hydrogens is 190 g/mol. The van der Waals surface area contributed by atoms with Crippen LogP contribution in [0.5, 0.6) is 11.5 Å². The van der Waals surface area contributed by atoms with Crippen LogP contribution in [0.25, 0.3) is 0 Å². The SMILES string of the molecule is CCOc1cccc(C(C)C#N)c1OC. The fourth-order valence-corrected chi connectivity index (χ4v) is 1.43. The Balaban J connectivity index is 3.16. The van der Waals surface area contributed by atoms with E-state index in [1.807, 2.05) is 32.0 Å². The molecule has 3 heteroatoms. The molecule has 1 rings (SSSR count). The van der Waals surface area contributed by atoms with Gasteiger partial charge in [-0.25, -0.2) is 0 Å². The second kappa shape index (κ2) is 5.26. The monoisotopic (exact) mass is 205 g/mol. The molecule has 0 spiro atoms. The summed E-state index contributed by atoms with van der Waals surface area (Å²) >= 11 is 0. The summed E-state index contributed by atoms with van der Waals surface area (Å²) in [7, 11) is 1.59. The highest BCUT2D eigenvalue weighted by Crippen LogP contribution is 2.35. The van der Waals surface area contributed by atoms with Crippen LogP contribution in [0, 0.1) is 11.3 Å². The highest BCUT2D eigenvalue weighted by atomic mass is 16.5. The molecule has 0 saturated heterocycles. The third-order valence-electron chi connectivity index (χ3n) is 2.17. The molecule has 0 amide bonds. The van der Waals surface area contributed by atoms with Crippen molar-refractivity contribution in [3.8, 4) is 17.6 Å². The lowest BCUT2D eigenvalue weighted by molar-refractivity contribution is 0.309. The van der Waals surface area contributed by atoms with Crippen molar-refractivity contribution in [2.45, 2.75) is 19.8 Å². The van der Waals surface area contributed by atoms with Crippen molar-refractivity contribution in [3.63, 3.8) is 0 Å². The van der Waals surface area contributed by atoms with Crippen LogP contribution >= 0.6 is 0 Å². The molecule has 1 aromatic rings. The molecule has 0 fully saturated rings. The van der Waals surface area contributed by atoms with E-state index in [1.54, 1.807) is 7.11 Å². The van der Waals surface area contributed by atoms with E-state index in [0.717, 1.165) is 5.56 Å². The van der Waals surface area contributed by atoms with Crippen molar-refractivity contribution >= 4 is 0 Å². The van der Waals surface area contributed by atoms with Crippen molar-refractivity contribution in [1.82, 2.24) is 0 Å². The molecule has 80 valence electrons. The molecule has 0 saturated carbocycles. The standard InChI is InChI=1S/C12H15NO2/c1-4-15-11-7-5-6-10(9(2)8-13)12(11)14-3/h5-7,9H,4H2,1-3H3. The number of ether oxygens (including phenoxy) is 2. The number of hydrogen-bond donors (Lipinski definition) is 0. The van der Waals surface area contributed by atoms with Gasteiger partial charge in [-0.05, 0) is 19.9 Å². The van der Waals surface area contributed by atoms with Gasteiger partial charge in [0.15, 0.2) is 11.5 Å². The quantitative estimate of drug-likeness (QED) is 0.759. The van der Waals surface area contributed by atoms with Gasteiger partial charge in [0, 0.05) is 5.56 Å². The summed E-state index contributed by atoms with van der Waals surface area (Å²) < 4.78 is 10.7. The molecule has 1 aromatic carbocycles. The Morgan fingerprint density at radius 2 is 2.20 bits per heavy atom. The Kier molecular flexibility index (Phi) is 3.99. The van der Waals surface area contributed by atoms with E-state index in [-0.39, 0.29) is 5.92 Å². The molecule has 0 aliphatic heterocycles. The highest BCUT2D eigenvalue weighted by molar-refractivity contribution is 5.49. The molecule has 0 N–H and O–H groups in total. The minimum absolute atomic E-state index is 0.194. The maximum Gasteiger partial charge on any atom is 0.165 e. The first-order chi connectivity index (χ1) is 7.24. The van der Waals surface area contributed by atoms with Crippen molar-refractivity contribution in [2.24, 2.45) is 0 Å². The lowest BCUT2D eigenvalue weighted by atomic mass is 10.0. The normalized spacial score (nSPS) is 11.6. The third kappa shape index (κ3) is 2.41. The van der Waals surface area contributed by atoms with E-state index in [9.17, 15) is 0 Å². The lowest BCUT2D eigenvalue weighted by Gasteiger charge is -2.14. The molecular formula is C12H15NO2. The third-order valence-corrected chi connectivity index (χ3v) is 2.17. The largest absolute Gasteiger partial charge is 0.493 e. The average molecular weight is 205 g/mol. The zero-order valence-corrected chi connectivity index (χ0v) is 9.28. The molecule has 0 bridgehead atoms. The van der Waals surface area contributed by atoms with Gasteiger partial charge in [0.2, 0.25) is 0 Å². The topological polar surface area (TPSA) is 42.2 Å². The maximum atomic E-state index is 8.88. The fraction of sp³-hybridized carbons (Fsp3) is 0.417. The van der Waals surface area contributed by atoms with Crippen LogP contribution in [0.15, 0.2) is 18.2 Å². The Bertz CT molecular complexity index is 368. The van der Waals surface area contributed by atoms with Crippen LogP contribution in [0.1, 0.15) is 25.3 Å². The van der Waals surface area contributed by atoms with Gasteiger partial charge < -0.3 is 9.47 Å². The summed E-state index contributed by atoms with van der Waals surface area (Å²) in [4.78, 5) is 0. The second-order valence-corrected chi connectivity index (χ2v) is 3.16. The molecule has 0 heterocycles. The summed E-state index contributed by atoms with van der Waals surface area (Å²) in [5, 5.41) is 8.88. The van der Waals surface area contributed by atoms with Crippen LogP contribution in [0.2, 0.25) is 0 Å². The Hall–Kier alpha value is -1.69. The van der Waals surface area contributed by atoms with Crippen LogP contribution in [0.3, 0.4) is 0 Å². The Morgan fingerprint density at radius 3 is 2.73 bits per heavy atom. The molecule has 0 radical (unpaired) electrons. The van der Waals surface area contributed by atoms with Gasteiger partial charge in [0.05, 0.1) is 25.7 Å². The number of methoxy groups -OCH3 is 1. The Morgan fingerprint density at radius 1 is 1.47 bits per heavy atom. The van der Waals surface area contributed by atoms with Crippen LogP contribution in [-0.4, -0.2) is 13.7 Å². The smallest absolute Gasteiger partial charge is 0.165 e. The summed E-state index contributed by atoms with van der Waals surface area (Å²) in [5.41, 5.74) is 0.867. The number of para-hydroxylation sites is 1. The van der Waals surface area contributed by atoms with E-state index in [0.29, 0.717) is 18.1 Å². The molecule has 3 nitrogen and oxygen atoms in total. The Labute approximate surface area is 90.2 Å². The predicted molar refractivity (Wildman–Crippen MR) is 58.2 cm³/mol. The summed E-state index contributed by atoms with van der Waals surface area (Å²) in [6.07, 6.45) is 0. The van der Waals surface area contributed by atoms with Crippen LogP contribution in [0.4, 0.5) is 0 Å². The minimum Gasteiger partial charge on any atom is -0.493 e. The summed E-state index contributed by atoms with van der Waals surface area (Å²) in [6.45, 7) is 4.34. The highest BCUT2D eigenvalue weighted by Gasteiger charge is 2.14. The van der Waals surface area contributed by atoms with Crippen molar-refractivity contribution in [2.75, 3.05) is 13.7 Å². The van der Waals surface area contributed by atoms with Crippen LogP contribution < -0.4 is 9.47 Å². The predicted octanol–water partition coefficient (Wildman–Crippen LogP) is 2.72. The van der Waals surface area contributed by atoms with Gasteiger partial charge in [-0.3, -0.25) is 0 Å². The van der Waals surface area contributed by atoms with Gasteiger partial charge in [0.1, 0.15) is 0 Å². The van der Waals surface area contributed by atoms with Gasteiger partial charge in [-0.2, -0.15) is 5.26 Å². The number of hydrogen-bond acceptors (Lipinski definition) is 3. The van der Waals surface area contributed by atoms with Crippen molar-refractivity contribution in [1.29, 1.82) is 5.26 Å². The van der Waals surface area contributed by atoms with Gasteiger partial charge in [-0.1, -0.05) is 12.1 Å². The maximum absolute atomic E-state index is 8.88.